The average molecular weight is 580 g/mol. The van der Waals surface area contributed by atoms with E-state index < -0.39 is 23.5 Å². The Morgan fingerprint density at radius 1 is 0.895 bits per heavy atom. The van der Waals surface area contributed by atoms with E-state index in [1.54, 1.807) is 6.07 Å². The minimum absolute atomic E-state index is 0.0235. The van der Waals surface area contributed by atoms with Crippen LogP contribution < -0.4 is 10.2 Å². The zero-order chi connectivity index (χ0) is 27.5. The fraction of sp³-hybridized carbons (Fsp3) is 0.500. The number of hydrogen-bond acceptors (Lipinski definition) is 4. The van der Waals surface area contributed by atoms with Crippen molar-refractivity contribution in [2.75, 3.05) is 43.0 Å². The average Bonchev–Trinajstić information content (AvgIpc) is 2.88. The van der Waals surface area contributed by atoms with Gasteiger partial charge in [0.1, 0.15) is 4.99 Å². The summed E-state index contributed by atoms with van der Waals surface area (Å²) in [4.78, 5) is 4.78. The molecule has 1 aliphatic carbocycles. The van der Waals surface area contributed by atoms with Crippen LogP contribution in [0.25, 0.3) is 0 Å². The summed E-state index contributed by atoms with van der Waals surface area (Å²) >= 11 is 11.3. The Balaban J connectivity index is 1.17. The first-order valence-electron chi connectivity index (χ1n) is 12.3. The maximum Gasteiger partial charge on any atom is 0.417 e. The number of thiocarbonyl (C=S) groups is 1. The lowest BCUT2D eigenvalue weighted by molar-refractivity contribution is -0.138. The van der Waals surface area contributed by atoms with Crippen LogP contribution in [0.15, 0.2) is 42.5 Å². The Bertz CT molecular complexity index is 1100. The SMILES string of the molecule is FC(F)(F)c1ccc(N2CCN(C(=S)COC3CCC(Nc4ccc(Cl)c(C(F)(F)F)c4)CC3)CC2)cc1. The molecule has 208 valence electrons. The van der Waals surface area contributed by atoms with Crippen LogP contribution in [0.4, 0.5) is 37.7 Å². The molecule has 38 heavy (non-hydrogen) atoms. The zero-order valence-electron chi connectivity index (χ0n) is 20.4. The smallest absolute Gasteiger partial charge is 0.382 e. The van der Waals surface area contributed by atoms with Gasteiger partial charge in [0.2, 0.25) is 0 Å². The second-order valence-corrected chi connectivity index (χ2v) is 10.4. The first-order valence-corrected chi connectivity index (χ1v) is 13.1. The molecule has 1 N–H and O–H groups in total. The molecule has 4 nitrogen and oxygen atoms in total. The number of anilines is 2. The Morgan fingerprint density at radius 3 is 2.11 bits per heavy atom. The molecule has 0 radical (unpaired) electrons. The third-order valence-corrected chi connectivity index (χ3v) is 7.66. The summed E-state index contributed by atoms with van der Waals surface area (Å²) in [6.07, 6.45) is -5.79. The molecule has 2 aliphatic rings. The van der Waals surface area contributed by atoms with Gasteiger partial charge in [-0.2, -0.15) is 26.3 Å². The summed E-state index contributed by atoms with van der Waals surface area (Å²) in [6.45, 7) is 2.90. The van der Waals surface area contributed by atoms with Crippen LogP contribution in [0, 0.1) is 0 Å². The third-order valence-electron chi connectivity index (χ3n) is 6.95. The number of nitrogens with one attached hydrogen (secondary N) is 1. The van der Waals surface area contributed by atoms with Gasteiger partial charge in [-0.1, -0.05) is 23.8 Å². The minimum Gasteiger partial charge on any atom is -0.382 e. The highest BCUT2D eigenvalue weighted by atomic mass is 35.5. The van der Waals surface area contributed by atoms with Gasteiger partial charge in [0, 0.05) is 43.6 Å². The molecular formula is C26H28ClF6N3OS. The van der Waals surface area contributed by atoms with E-state index in [4.69, 9.17) is 28.6 Å². The summed E-state index contributed by atoms with van der Waals surface area (Å²) in [5.41, 5.74) is -0.375. The molecule has 2 fully saturated rings. The van der Waals surface area contributed by atoms with Crippen molar-refractivity contribution in [2.45, 2.75) is 50.2 Å². The number of hydrogen-bond donors (Lipinski definition) is 1. The molecule has 0 unspecified atom stereocenters. The summed E-state index contributed by atoms with van der Waals surface area (Å²) < 4.78 is 83.7. The number of benzene rings is 2. The molecule has 2 aromatic carbocycles. The van der Waals surface area contributed by atoms with Crippen molar-refractivity contribution in [1.82, 2.24) is 4.90 Å². The van der Waals surface area contributed by atoms with E-state index in [1.807, 2.05) is 4.90 Å². The molecule has 0 bridgehead atoms. The Morgan fingerprint density at radius 2 is 1.53 bits per heavy atom. The fourth-order valence-corrected chi connectivity index (χ4v) is 5.27. The lowest BCUT2D eigenvalue weighted by atomic mass is 9.92. The van der Waals surface area contributed by atoms with Crippen LogP contribution in [0.5, 0.6) is 0 Å². The van der Waals surface area contributed by atoms with Gasteiger partial charge in [0.15, 0.2) is 0 Å². The summed E-state index contributed by atoms with van der Waals surface area (Å²) in [6, 6.07) is 9.07. The van der Waals surface area contributed by atoms with Crippen LogP contribution in [0.1, 0.15) is 36.8 Å². The first-order chi connectivity index (χ1) is 17.9. The first kappa shape index (κ1) is 28.8. The van der Waals surface area contributed by atoms with Gasteiger partial charge in [0.05, 0.1) is 28.9 Å². The summed E-state index contributed by atoms with van der Waals surface area (Å²) in [7, 11) is 0. The number of piperazine rings is 1. The number of alkyl halides is 6. The van der Waals surface area contributed by atoms with E-state index >= 15 is 0 Å². The van der Waals surface area contributed by atoms with E-state index in [1.165, 1.54) is 18.2 Å². The van der Waals surface area contributed by atoms with Crippen molar-refractivity contribution in [3.8, 4) is 0 Å². The quantitative estimate of drug-likeness (QED) is 0.287. The van der Waals surface area contributed by atoms with Gasteiger partial charge in [0.25, 0.3) is 0 Å². The van der Waals surface area contributed by atoms with Crippen LogP contribution in [0.3, 0.4) is 0 Å². The van der Waals surface area contributed by atoms with Gasteiger partial charge >= 0.3 is 12.4 Å². The van der Waals surface area contributed by atoms with Gasteiger partial charge < -0.3 is 19.9 Å². The number of halogens is 7. The molecule has 1 saturated carbocycles. The van der Waals surface area contributed by atoms with E-state index in [2.05, 4.69) is 10.2 Å². The normalized spacial score (nSPS) is 20.9. The molecule has 12 heteroatoms. The largest absolute Gasteiger partial charge is 0.417 e. The van der Waals surface area contributed by atoms with Crippen LogP contribution >= 0.6 is 23.8 Å². The lowest BCUT2D eigenvalue weighted by Gasteiger charge is -2.38. The van der Waals surface area contributed by atoms with E-state index in [9.17, 15) is 26.3 Å². The van der Waals surface area contributed by atoms with Crippen molar-refractivity contribution < 1.29 is 31.1 Å². The van der Waals surface area contributed by atoms with Crippen molar-refractivity contribution in [1.29, 1.82) is 0 Å². The van der Waals surface area contributed by atoms with Gasteiger partial charge in [-0.15, -0.1) is 0 Å². The van der Waals surface area contributed by atoms with Crippen molar-refractivity contribution in [2.24, 2.45) is 0 Å². The lowest BCUT2D eigenvalue weighted by Crippen LogP contribution is -2.49. The third kappa shape index (κ3) is 7.45. The second-order valence-electron chi connectivity index (χ2n) is 9.53. The maximum atomic E-state index is 13.1. The van der Waals surface area contributed by atoms with Gasteiger partial charge in [-0.25, -0.2) is 0 Å². The predicted octanol–water partition coefficient (Wildman–Crippen LogP) is 7.27. The van der Waals surface area contributed by atoms with Gasteiger partial charge in [-0.3, -0.25) is 0 Å². The Labute approximate surface area is 227 Å². The standard InChI is InChI=1S/C26H28ClF6N3OS/c27-23-10-5-19(15-22(23)26(31,32)33)34-18-3-8-21(9-4-18)37-16-24(38)36-13-11-35(12-14-36)20-6-1-17(2-7-20)25(28,29)30/h1-2,5-7,10,15,18,21,34H,3-4,8-9,11-14,16H2. The van der Waals surface area contributed by atoms with Crippen LogP contribution in [-0.2, 0) is 17.1 Å². The molecule has 4 rings (SSSR count). The molecule has 0 aromatic heterocycles. The number of ether oxygens (including phenoxy) is 1. The highest BCUT2D eigenvalue weighted by Gasteiger charge is 2.34. The molecule has 2 aromatic rings. The topological polar surface area (TPSA) is 27.7 Å². The summed E-state index contributed by atoms with van der Waals surface area (Å²) in [5, 5.41) is 2.86. The Hall–Kier alpha value is -2.24. The van der Waals surface area contributed by atoms with Gasteiger partial charge in [-0.05, 0) is 68.1 Å². The number of nitrogens with zero attached hydrogens (tertiary/aromatic N) is 2. The van der Waals surface area contributed by atoms with Crippen LogP contribution in [-0.4, -0.2) is 54.8 Å². The molecule has 1 aliphatic heterocycles. The minimum atomic E-state index is -4.51. The molecule has 1 saturated heterocycles. The fourth-order valence-electron chi connectivity index (χ4n) is 4.80. The van der Waals surface area contributed by atoms with E-state index in [0.29, 0.717) is 43.5 Å². The van der Waals surface area contributed by atoms with Crippen molar-refractivity contribution in [3.05, 3.63) is 58.6 Å². The maximum absolute atomic E-state index is 13.1. The molecule has 0 amide bonds. The predicted molar refractivity (Wildman–Crippen MR) is 140 cm³/mol. The van der Waals surface area contributed by atoms with Crippen molar-refractivity contribution in [3.63, 3.8) is 0 Å². The second kappa shape index (κ2) is 11.9. The molecule has 1 heterocycles. The van der Waals surface area contributed by atoms with E-state index in [0.717, 1.165) is 49.6 Å². The molecule has 0 spiro atoms. The number of rotatable bonds is 6. The highest BCUT2D eigenvalue weighted by molar-refractivity contribution is 7.80. The Kier molecular flexibility index (Phi) is 8.99. The highest BCUT2D eigenvalue weighted by Crippen LogP contribution is 2.37. The summed E-state index contributed by atoms with van der Waals surface area (Å²) in [5.74, 6) is 0. The van der Waals surface area contributed by atoms with Crippen LogP contribution in [0.2, 0.25) is 5.02 Å². The van der Waals surface area contributed by atoms with E-state index in [-0.39, 0.29) is 17.2 Å². The molecular weight excluding hydrogens is 552 g/mol. The zero-order valence-corrected chi connectivity index (χ0v) is 22.0. The monoisotopic (exact) mass is 579 g/mol. The molecule has 0 atom stereocenters. The van der Waals surface area contributed by atoms with Crippen molar-refractivity contribution >= 4 is 40.2 Å².